The topological polar surface area (TPSA) is 63.2 Å². The van der Waals surface area contributed by atoms with Crippen molar-refractivity contribution in [2.24, 2.45) is 0 Å². The van der Waals surface area contributed by atoms with E-state index in [0.717, 1.165) is 0 Å². The first-order valence-corrected chi connectivity index (χ1v) is 1.50. The maximum Gasteiger partial charge on any atom is 1.00 e. The second-order valence-corrected chi connectivity index (χ2v) is 0.612. The minimum Gasteiger partial charge on any atom is -0.784 e. The minimum atomic E-state index is -3.11. The van der Waals surface area contributed by atoms with Crippen molar-refractivity contribution in [1.82, 2.24) is 0 Å². The third-order valence-electron chi connectivity index (χ3n) is 0. The molecule has 0 rings (SSSR count). The molecule has 0 N–H and O–H groups in total. The van der Waals surface area contributed by atoms with Crippen LogP contribution in [0.15, 0.2) is 0 Å². The van der Waals surface area contributed by atoms with Crippen LogP contribution in [0.2, 0.25) is 0 Å². The van der Waals surface area contributed by atoms with Crippen molar-refractivity contribution >= 4 is 11.4 Å². The molecule has 0 fully saturated rings. The van der Waals surface area contributed by atoms with Crippen molar-refractivity contribution in [2.45, 2.75) is 0 Å². The van der Waals surface area contributed by atoms with Gasteiger partial charge in [0.1, 0.15) is 0 Å². The van der Waals surface area contributed by atoms with Crippen LogP contribution in [-0.2, 0) is 11.4 Å². The Morgan fingerprint density at radius 1 is 1.00 bits per heavy atom. The molecular weight excluding hydrogens is 149 g/mol. The predicted molar refractivity (Wildman–Crippen MR) is 9.70 cm³/mol. The molecule has 0 amide bonds. The van der Waals surface area contributed by atoms with Crippen LogP contribution in [0.5, 0.6) is 0 Å². The van der Waals surface area contributed by atoms with Gasteiger partial charge >= 0.3 is 88.7 Å². The first-order chi connectivity index (χ1) is 1.73. The van der Waals surface area contributed by atoms with E-state index in [-0.39, 0.29) is 88.7 Å². The van der Waals surface area contributed by atoms with Gasteiger partial charge in [-0.15, -0.1) is 11.4 Å². The molecule has 7 heteroatoms. The summed E-state index contributed by atoms with van der Waals surface area (Å²) in [5.74, 6) is 0. The fourth-order valence-corrected chi connectivity index (χ4v) is 0. The Balaban J connectivity index is -0.0000000150. The van der Waals surface area contributed by atoms with E-state index in [1.54, 1.807) is 0 Å². The van der Waals surface area contributed by atoms with E-state index < -0.39 is 11.4 Å². The second-order valence-electron chi connectivity index (χ2n) is 0.204. The molecule has 0 aromatic rings. The summed E-state index contributed by atoms with van der Waals surface area (Å²) in [6.45, 7) is 0. The number of hydrogen-bond donors (Lipinski definition) is 0. The van der Waals surface area contributed by atoms with Crippen LogP contribution in [-0.4, -0.2) is 13.3 Å². The summed E-state index contributed by atoms with van der Waals surface area (Å²) in [6.07, 6.45) is 0. The van der Waals surface area contributed by atoms with E-state index in [1.807, 2.05) is 0 Å². The average Bonchev–Trinajstić information content (AvgIpc) is 0.811. The zero-order valence-corrected chi connectivity index (χ0v) is 11.4. The molecule has 0 radical (unpaired) electrons. The van der Waals surface area contributed by atoms with Crippen LogP contribution in [0.25, 0.3) is 0 Å². The molecule has 0 bridgehead atoms. The van der Waals surface area contributed by atoms with Crippen LogP contribution in [0.4, 0.5) is 0 Å². The van der Waals surface area contributed by atoms with Crippen molar-refractivity contribution < 1.29 is 102 Å². The van der Waals surface area contributed by atoms with Crippen LogP contribution in [0, 0.1) is 0 Å². The van der Waals surface area contributed by atoms with Crippen molar-refractivity contribution in [1.29, 1.82) is 0 Å². The minimum absolute atomic E-state index is 0. The Kier molecular flexibility index (Phi) is 51.5. The van der Waals surface area contributed by atoms with Gasteiger partial charge in [-0.2, -0.15) is 0 Å². The van der Waals surface area contributed by atoms with Crippen LogP contribution in [0.3, 0.4) is 0 Å². The van der Waals surface area contributed by atoms with E-state index in [4.69, 9.17) is 13.3 Å². The zero-order chi connectivity index (χ0) is 3.58. The van der Waals surface area contributed by atoms with Crippen molar-refractivity contribution in [3.05, 3.63) is 0 Å². The predicted octanol–water partition coefficient (Wildman–Crippen LogP) is -9.99. The summed E-state index contributed by atoms with van der Waals surface area (Å²) < 4.78 is 25.3. The van der Waals surface area contributed by atoms with Crippen LogP contribution < -0.4 is 88.7 Å². The van der Waals surface area contributed by atoms with Crippen LogP contribution in [0.1, 0.15) is 0 Å². The van der Waals surface area contributed by atoms with E-state index in [1.165, 1.54) is 0 Å². The fourth-order valence-electron chi connectivity index (χ4n) is 0. The van der Waals surface area contributed by atoms with E-state index in [2.05, 4.69) is 0 Å². The summed E-state index contributed by atoms with van der Waals surface area (Å²) in [6, 6.07) is 0. The molecule has 0 aromatic carbocycles. The third kappa shape index (κ3) is 48.1. The Hall–Kier alpha value is 3.07. The van der Waals surface area contributed by atoms with Crippen molar-refractivity contribution in [2.75, 3.05) is 0 Å². The van der Waals surface area contributed by atoms with Gasteiger partial charge < -0.3 is 9.11 Å². The van der Waals surface area contributed by atoms with Gasteiger partial charge in [0.2, 0.25) is 0 Å². The average molecular weight is 149 g/mol. The Morgan fingerprint density at radius 3 is 1.00 bits per heavy atom. The first-order valence-electron chi connectivity index (χ1n) is 0.500. The Labute approximate surface area is 111 Å². The standard InChI is InChI=1S/3Na.H2O3S/c;;;1-4(2)3/h;;;(H2,1,2,3)/q3*+1;/p-2. The van der Waals surface area contributed by atoms with Gasteiger partial charge in [-0.05, 0) is 0 Å². The van der Waals surface area contributed by atoms with E-state index in [0.29, 0.717) is 0 Å². The Morgan fingerprint density at radius 2 is 1.00 bits per heavy atom. The van der Waals surface area contributed by atoms with Gasteiger partial charge in [-0.25, -0.2) is 0 Å². The van der Waals surface area contributed by atoms with Gasteiger partial charge in [0.15, 0.2) is 0 Å². The molecule has 0 aliphatic heterocycles. The summed E-state index contributed by atoms with van der Waals surface area (Å²) in [5.41, 5.74) is 0. The third-order valence-corrected chi connectivity index (χ3v) is 0. The fraction of sp³-hybridized carbons (Fsp3) is 0. The summed E-state index contributed by atoms with van der Waals surface area (Å²) in [4.78, 5) is 0. The quantitative estimate of drug-likeness (QED) is 0.254. The van der Waals surface area contributed by atoms with Gasteiger partial charge in [-0.3, -0.25) is 4.21 Å². The van der Waals surface area contributed by atoms with Crippen molar-refractivity contribution in [3.63, 3.8) is 0 Å². The molecule has 0 aromatic heterocycles. The van der Waals surface area contributed by atoms with Gasteiger partial charge in [0, 0.05) is 0 Å². The number of rotatable bonds is 0. The van der Waals surface area contributed by atoms with Gasteiger partial charge in [0.25, 0.3) is 0 Å². The molecular formula is Na3O3S+. The molecule has 0 saturated carbocycles. The van der Waals surface area contributed by atoms with Crippen LogP contribution >= 0.6 is 0 Å². The smallest absolute Gasteiger partial charge is 0.784 e. The molecule has 3 nitrogen and oxygen atoms in total. The number of hydrogen-bond acceptors (Lipinski definition) is 3. The SMILES string of the molecule is O=S([O-])[O-].[Na+].[Na+].[Na+]. The summed E-state index contributed by atoms with van der Waals surface area (Å²) in [7, 11) is 0. The molecule has 0 heterocycles. The monoisotopic (exact) mass is 149 g/mol. The maximum absolute atomic E-state index is 8.44. The molecule has 0 saturated heterocycles. The molecule has 0 spiro atoms. The Bertz CT molecular complexity index is 33.2. The van der Waals surface area contributed by atoms with Gasteiger partial charge in [0.05, 0.1) is 0 Å². The molecule has 26 valence electrons. The molecule has 0 atom stereocenters. The molecule has 7 heavy (non-hydrogen) atoms. The maximum atomic E-state index is 8.44. The van der Waals surface area contributed by atoms with Crippen molar-refractivity contribution in [3.8, 4) is 0 Å². The normalized spacial score (nSPS) is 5.00. The largest absolute Gasteiger partial charge is 1.00 e. The second kappa shape index (κ2) is 16.0. The van der Waals surface area contributed by atoms with Gasteiger partial charge in [-0.1, -0.05) is 0 Å². The zero-order valence-electron chi connectivity index (χ0n) is 4.63. The molecule has 0 unspecified atom stereocenters. The first kappa shape index (κ1) is 22.5. The summed E-state index contributed by atoms with van der Waals surface area (Å²) >= 11 is -3.11. The molecule has 0 aliphatic carbocycles. The van der Waals surface area contributed by atoms with E-state index >= 15 is 0 Å². The summed E-state index contributed by atoms with van der Waals surface area (Å²) in [5, 5.41) is 0. The van der Waals surface area contributed by atoms with E-state index in [9.17, 15) is 0 Å². The molecule has 0 aliphatic rings.